The van der Waals surface area contributed by atoms with E-state index in [9.17, 15) is 0 Å². The summed E-state index contributed by atoms with van der Waals surface area (Å²) >= 11 is 0. The lowest BCUT2D eigenvalue weighted by molar-refractivity contribution is 0.124. The summed E-state index contributed by atoms with van der Waals surface area (Å²) in [6.07, 6.45) is 2.61. The van der Waals surface area contributed by atoms with E-state index in [0.29, 0.717) is 5.41 Å². The minimum Gasteiger partial charge on any atom is -0.497 e. The molecular formula is C17H27NO. The maximum Gasteiger partial charge on any atom is 0.118 e. The molecule has 1 saturated carbocycles. The Balaban J connectivity index is 2.19. The van der Waals surface area contributed by atoms with Crippen LogP contribution < -0.4 is 10.1 Å². The Kier molecular flexibility index (Phi) is 3.91. The second-order valence-corrected chi connectivity index (χ2v) is 6.93. The SMILES string of the molecule is COc1ccc(C2(CNC(C)(C)C)CCC2C)cc1. The van der Waals surface area contributed by atoms with Gasteiger partial charge in [-0.3, -0.25) is 0 Å². The molecule has 0 saturated heterocycles. The van der Waals surface area contributed by atoms with Crippen molar-refractivity contribution in [3.8, 4) is 5.75 Å². The third-order valence-corrected chi connectivity index (χ3v) is 4.57. The summed E-state index contributed by atoms with van der Waals surface area (Å²) in [4.78, 5) is 0. The van der Waals surface area contributed by atoms with Crippen molar-refractivity contribution in [2.24, 2.45) is 5.92 Å². The summed E-state index contributed by atoms with van der Waals surface area (Å²) in [5.41, 5.74) is 1.93. The molecule has 0 bridgehead atoms. The van der Waals surface area contributed by atoms with E-state index in [1.54, 1.807) is 7.11 Å². The Labute approximate surface area is 117 Å². The Hall–Kier alpha value is -1.02. The van der Waals surface area contributed by atoms with Crippen LogP contribution in [0.4, 0.5) is 0 Å². The minimum absolute atomic E-state index is 0.175. The molecule has 1 aromatic carbocycles. The van der Waals surface area contributed by atoms with E-state index in [4.69, 9.17) is 4.74 Å². The topological polar surface area (TPSA) is 21.3 Å². The molecule has 2 heteroatoms. The fourth-order valence-corrected chi connectivity index (χ4v) is 2.92. The summed E-state index contributed by atoms with van der Waals surface area (Å²) in [7, 11) is 1.72. The van der Waals surface area contributed by atoms with E-state index in [-0.39, 0.29) is 5.54 Å². The van der Waals surface area contributed by atoms with Gasteiger partial charge in [0.05, 0.1) is 7.11 Å². The number of hydrogen-bond acceptors (Lipinski definition) is 2. The second kappa shape index (κ2) is 5.16. The molecule has 0 radical (unpaired) electrons. The monoisotopic (exact) mass is 261 g/mol. The van der Waals surface area contributed by atoms with Gasteiger partial charge in [-0.25, -0.2) is 0 Å². The zero-order valence-electron chi connectivity index (χ0n) is 12.9. The predicted octanol–water partition coefficient (Wildman–Crippen LogP) is 3.75. The van der Waals surface area contributed by atoms with Crippen LogP contribution in [0.1, 0.15) is 46.1 Å². The molecule has 0 spiro atoms. The smallest absolute Gasteiger partial charge is 0.118 e. The summed E-state index contributed by atoms with van der Waals surface area (Å²) in [6.45, 7) is 10.1. The molecule has 0 amide bonds. The highest BCUT2D eigenvalue weighted by Crippen LogP contribution is 2.48. The molecule has 106 valence electrons. The van der Waals surface area contributed by atoms with Gasteiger partial charge in [0.2, 0.25) is 0 Å². The first kappa shape index (κ1) is 14.4. The van der Waals surface area contributed by atoms with Crippen molar-refractivity contribution in [1.29, 1.82) is 0 Å². The van der Waals surface area contributed by atoms with Crippen molar-refractivity contribution < 1.29 is 4.74 Å². The lowest BCUT2D eigenvalue weighted by Crippen LogP contribution is -2.53. The molecule has 2 atom stereocenters. The van der Waals surface area contributed by atoms with Gasteiger partial charge in [0.15, 0.2) is 0 Å². The van der Waals surface area contributed by atoms with Crippen LogP contribution in [0.2, 0.25) is 0 Å². The summed E-state index contributed by atoms with van der Waals surface area (Å²) in [6, 6.07) is 8.64. The van der Waals surface area contributed by atoms with Crippen LogP contribution in [-0.4, -0.2) is 19.2 Å². The molecule has 0 aromatic heterocycles. The molecule has 0 heterocycles. The van der Waals surface area contributed by atoms with Gasteiger partial charge >= 0.3 is 0 Å². The molecular weight excluding hydrogens is 234 g/mol. The van der Waals surface area contributed by atoms with Crippen LogP contribution in [0.5, 0.6) is 5.75 Å². The molecule has 2 unspecified atom stereocenters. The molecule has 2 rings (SSSR count). The van der Waals surface area contributed by atoms with Gasteiger partial charge in [0.25, 0.3) is 0 Å². The lowest BCUT2D eigenvalue weighted by Gasteiger charge is -2.50. The van der Waals surface area contributed by atoms with Gasteiger partial charge in [-0.2, -0.15) is 0 Å². The zero-order chi connectivity index (χ0) is 14.1. The molecule has 1 aliphatic carbocycles. The van der Waals surface area contributed by atoms with E-state index in [1.807, 2.05) is 0 Å². The van der Waals surface area contributed by atoms with Crippen LogP contribution in [0, 0.1) is 5.92 Å². The second-order valence-electron chi connectivity index (χ2n) is 6.93. The predicted molar refractivity (Wildman–Crippen MR) is 80.8 cm³/mol. The van der Waals surface area contributed by atoms with Crippen molar-refractivity contribution in [3.05, 3.63) is 29.8 Å². The van der Waals surface area contributed by atoms with Crippen LogP contribution >= 0.6 is 0 Å². The number of hydrogen-bond donors (Lipinski definition) is 1. The largest absolute Gasteiger partial charge is 0.497 e. The highest BCUT2D eigenvalue weighted by atomic mass is 16.5. The molecule has 1 N–H and O–H groups in total. The summed E-state index contributed by atoms with van der Waals surface area (Å²) < 4.78 is 5.26. The standard InChI is InChI=1S/C17H27NO/c1-13-10-11-17(13,12-18-16(2,3)4)14-6-8-15(19-5)9-7-14/h6-9,13,18H,10-12H2,1-5H3. The number of ether oxygens (including phenoxy) is 1. The fraction of sp³-hybridized carbons (Fsp3) is 0.647. The molecule has 1 aromatic rings. The van der Waals surface area contributed by atoms with E-state index >= 15 is 0 Å². The average molecular weight is 261 g/mol. The van der Waals surface area contributed by atoms with Crippen LogP contribution in [-0.2, 0) is 5.41 Å². The van der Waals surface area contributed by atoms with Gasteiger partial charge in [0, 0.05) is 17.5 Å². The first-order chi connectivity index (χ1) is 8.87. The molecule has 1 aliphatic rings. The zero-order valence-corrected chi connectivity index (χ0v) is 12.9. The van der Waals surface area contributed by atoms with Gasteiger partial charge < -0.3 is 10.1 Å². The van der Waals surface area contributed by atoms with Crippen LogP contribution in [0.15, 0.2) is 24.3 Å². The Bertz CT molecular complexity index is 418. The van der Waals surface area contributed by atoms with E-state index in [2.05, 4.69) is 57.3 Å². The van der Waals surface area contributed by atoms with Crippen LogP contribution in [0.3, 0.4) is 0 Å². The number of rotatable bonds is 4. The molecule has 19 heavy (non-hydrogen) atoms. The Morgan fingerprint density at radius 2 is 1.89 bits per heavy atom. The maximum absolute atomic E-state index is 5.26. The maximum atomic E-state index is 5.26. The fourth-order valence-electron chi connectivity index (χ4n) is 2.92. The first-order valence-electron chi connectivity index (χ1n) is 7.27. The molecule has 0 aliphatic heterocycles. The third kappa shape index (κ3) is 2.94. The third-order valence-electron chi connectivity index (χ3n) is 4.57. The molecule has 1 fully saturated rings. The van der Waals surface area contributed by atoms with Crippen molar-refractivity contribution >= 4 is 0 Å². The number of benzene rings is 1. The van der Waals surface area contributed by atoms with Gasteiger partial charge in [0.1, 0.15) is 5.75 Å². The van der Waals surface area contributed by atoms with Crippen molar-refractivity contribution in [2.75, 3.05) is 13.7 Å². The Morgan fingerprint density at radius 1 is 1.26 bits per heavy atom. The number of methoxy groups -OCH3 is 1. The summed E-state index contributed by atoms with van der Waals surface area (Å²) in [5.74, 6) is 1.69. The van der Waals surface area contributed by atoms with Gasteiger partial charge in [-0.05, 0) is 57.2 Å². The van der Waals surface area contributed by atoms with Crippen molar-refractivity contribution in [2.45, 2.75) is 51.5 Å². The highest BCUT2D eigenvalue weighted by molar-refractivity contribution is 5.35. The average Bonchev–Trinajstić information content (AvgIpc) is 2.37. The number of nitrogens with one attached hydrogen (secondary N) is 1. The lowest BCUT2D eigenvalue weighted by atomic mass is 9.57. The van der Waals surface area contributed by atoms with Gasteiger partial charge in [-0.15, -0.1) is 0 Å². The summed E-state index contributed by atoms with van der Waals surface area (Å²) in [5, 5.41) is 3.69. The van der Waals surface area contributed by atoms with Crippen LogP contribution in [0.25, 0.3) is 0 Å². The van der Waals surface area contributed by atoms with Gasteiger partial charge in [-0.1, -0.05) is 19.1 Å². The van der Waals surface area contributed by atoms with E-state index in [1.165, 1.54) is 18.4 Å². The quantitative estimate of drug-likeness (QED) is 0.891. The minimum atomic E-state index is 0.175. The normalized spacial score (nSPS) is 26.9. The van der Waals surface area contributed by atoms with Crippen molar-refractivity contribution in [1.82, 2.24) is 5.32 Å². The van der Waals surface area contributed by atoms with E-state index < -0.39 is 0 Å². The Morgan fingerprint density at radius 3 is 2.26 bits per heavy atom. The van der Waals surface area contributed by atoms with E-state index in [0.717, 1.165) is 18.2 Å². The highest BCUT2D eigenvalue weighted by Gasteiger charge is 2.45. The first-order valence-corrected chi connectivity index (χ1v) is 7.27. The van der Waals surface area contributed by atoms with Crippen molar-refractivity contribution in [3.63, 3.8) is 0 Å². The molecule has 2 nitrogen and oxygen atoms in total.